The number of aromatic hydroxyl groups is 1. The van der Waals surface area contributed by atoms with Crippen molar-refractivity contribution in [2.75, 3.05) is 5.32 Å². The maximum atomic E-state index is 12.2. The van der Waals surface area contributed by atoms with E-state index in [4.69, 9.17) is 0 Å². The van der Waals surface area contributed by atoms with Crippen molar-refractivity contribution in [1.82, 2.24) is 4.98 Å². The van der Waals surface area contributed by atoms with E-state index in [1.807, 2.05) is 32.0 Å². The number of anilines is 1. The number of aromatic amines is 1. The van der Waals surface area contributed by atoms with Gasteiger partial charge in [0.15, 0.2) is 0 Å². The van der Waals surface area contributed by atoms with Gasteiger partial charge < -0.3 is 15.4 Å². The van der Waals surface area contributed by atoms with Crippen molar-refractivity contribution in [2.24, 2.45) is 0 Å². The first-order chi connectivity index (χ1) is 9.40. The summed E-state index contributed by atoms with van der Waals surface area (Å²) in [6.45, 7) is 5.36. The van der Waals surface area contributed by atoms with E-state index in [2.05, 4.69) is 10.3 Å². The minimum atomic E-state index is -0.624. The van der Waals surface area contributed by atoms with Crippen LogP contribution in [0.3, 0.4) is 0 Å². The molecule has 1 aromatic heterocycles. The Labute approximate surface area is 116 Å². The van der Waals surface area contributed by atoms with E-state index in [-0.39, 0.29) is 11.3 Å². The van der Waals surface area contributed by atoms with Gasteiger partial charge in [0.2, 0.25) is 0 Å². The third-order valence-corrected chi connectivity index (χ3v) is 3.09. The summed E-state index contributed by atoms with van der Waals surface area (Å²) in [5.41, 5.74) is 2.04. The molecule has 1 heterocycles. The van der Waals surface area contributed by atoms with Crippen LogP contribution in [0.25, 0.3) is 0 Å². The lowest BCUT2D eigenvalue weighted by Crippen LogP contribution is -2.24. The fraction of sp³-hybridized carbons (Fsp3) is 0.200. The predicted octanol–water partition coefficient (Wildman–Crippen LogP) is 2.26. The van der Waals surface area contributed by atoms with E-state index in [9.17, 15) is 14.7 Å². The zero-order valence-electron chi connectivity index (χ0n) is 11.6. The number of nitrogens with one attached hydrogen (secondary N) is 2. The number of amides is 1. The Morgan fingerprint density at radius 3 is 2.35 bits per heavy atom. The molecule has 1 amide bonds. The Balaban J connectivity index is 2.42. The molecule has 0 aliphatic carbocycles. The first kappa shape index (κ1) is 13.9. The van der Waals surface area contributed by atoms with E-state index in [1.165, 1.54) is 6.07 Å². The summed E-state index contributed by atoms with van der Waals surface area (Å²) in [4.78, 5) is 26.5. The van der Waals surface area contributed by atoms with E-state index in [0.717, 1.165) is 11.1 Å². The number of hydrogen-bond donors (Lipinski definition) is 3. The molecule has 20 heavy (non-hydrogen) atoms. The topological polar surface area (TPSA) is 82.2 Å². The van der Waals surface area contributed by atoms with Crippen molar-refractivity contribution in [3.05, 3.63) is 57.0 Å². The van der Waals surface area contributed by atoms with Gasteiger partial charge in [-0.1, -0.05) is 18.2 Å². The van der Waals surface area contributed by atoms with Crippen LogP contribution in [0, 0.1) is 20.8 Å². The molecule has 0 saturated heterocycles. The number of aromatic nitrogens is 1. The second kappa shape index (κ2) is 5.21. The molecule has 1 aromatic carbocycles. The van der Waals surface area contributed by atoms with Gasteiger partial charge in [-0.05, 0) is 38.0 Å². The number of aryl methyl sites for hydroxylation is 3. The van der Waals surface area contributed by atoms with Crippen molar-refractivity contribution >= 4 is 11.6 Å². The lowest BCUT2D eigenvalue weighted by atomic mass is 10.1. The van der Waals surface area contributed by atoms with Crippen LogP contribution in [0.15, 0.2) is 29.1 Å². The van der Waals surface area contributed by atoms with Gasteiger partial charge >= 0.3 is 0 Å². The molecule has 104 valence electrons. The molecule has 0 bridgehead atoms. The number of benzene rings is 1. The summed E-state index contributed by atoms with van der Waals surface area (Å²) in [7, 11) is 0. The van der Waals surface area contributed by atoms with Gasteiger partial charge in [-0.25, -0.2) is 0 Å². The molecule has 0 aliphatic heterocycles. The van der Waals surface area contributed by atoms with Crippen LogP contribution in [0.2, 0.25) is 0 Å². The predicted molar refractivity (Wildman–Crippen MR) is 77.3 cm³/mol. The molecule has 0 aliphatic rings. The van der Waals surface area contributed by atoms with Crippen LogP contribution in [-0.4, -0.2) is 16.0 Å². The molecule has 2 aromatic rings. The highest BCUT2D eigenvalue weighted by Gasteiger charge is 2.18. The molecule has 2 rings (SSSR count). The molecule has 0 radical (unpaired) electrons. The first-order valence-electron chi connectivity index (χ1n) is 6.20. The van der Waals surface area contributed by atoms with Crippen molar-refractivity contribution in [1.29, 1.82) is 0 Å². The standard InChI is InChI=1S/C15H16N2O3/c1-8-5-4-6-9(2)13(8)17-15(20)12-11(18)7-10(3)16-14(12)19/h4-7H,1-3H3,(H,17,20)(H2,16,18,19). The van der Waals surface area contributed by atoms with E-state index in [0.29, 0.717) is 11.4 Å². The van der Waals surface area contributed by atoms with Crippen molar-refractivity contribution in [3.8, 4) is 5.75 Å². The monoisotopic (exact) mass is 272 g/mol. The van der Waals surface area contributed by atoms with Gasteiger partial charge in [0, 0.05) is 11.4 Å². The summed E-state index contributed by atoms with van der Waals surface area (Å²) < 4.78 is 0. The average molecular weight is 272 g/mol. The van der Waals surface area contributed by atoms with E-state index >= 15 is 0 Å². The molecule has 0 fully saturated rings. The fourth-order valence-electron chi connectivity index (χ4n) is 2.08. The molecular formula is C15H16N2O3. The van der Waals surface area contributed by atoms with Gasteiger partial charge in [-0.15, -0.1) is 0 Å². The number of para-hydroxylation sites is 1. The van der Waals surface area contributed by atoms with Crippen LogP contribution in [0.4, 0.5) is 5.69 Å². The van der Waals surface area contributed by atoms with Crippen molar-refractivity contribution < 1.29 is 9.90 Å². The van der Waals surface area contributed by atoms with Gasteiger partial charge in [0.05, 0.1) is 0 Å². The Hall–Kier alpha value is -2.56. The number of rotatable bonds is 2. The Bertz CT molecular complexity index is 712. The molecule has 5 heteroatoms. The molecular weight excluding hydrogens is 256 g/mol. The summed E-state index contributed by atoms with van der Waals surface area (Å²) in [5.74, 6) is -0.948. The van der Waals surface area contributed by atoms with Gasteiger partial charge in [-0.2, -0.15) is 0 Å². The highest BCUT2D eigenvalue weighted by atomic mass is 16.3. The Kier molecular flexibility index (Phi) is 3.61. The smallest absolute Gasteiger partial charge is 0.265 e. The Morgan fingerprint density at radius 2 is 1.80 bits per heavy atom. The van der Waals surface area contributed by atoms with E-state index in [1.54, 1.807) is 6.92 Å². The van der Waals surface area contributed by atoms with E-state index < -0.39 is 11.5 Å². The Morgan fingerprint density at radius 1 is 1.20 bits per heavy atom. The molecule has 0 saturated carbocycles. The minimum Gasteiger partial charge on any atom is -0.507 e. The number of carbonyl (C=O) groups excluding carboxylic acids is 1. The van der Waals surface area contributed by atoms with Crippen LogP contribution in [-0.2, 0) is 0 Å². The van der Waals surface area contributed by atoms with Crippen LogP contribution >= 0.6 is 0 Å². The van der Waals surface area contributed by atoms with Crippen LogP contribution in [0.1, 0.15) is 27.2 Å². The van der Waals surface area contributed by atoms with Crippen LogP contribution in [0.5, 0.6) is 5.75 Å². The summed E-state index contributed by atoms with van der Waals surface area (Å²) in [5, 5.41) is 12.5. The van der Waals surface area contributed by atoms with Gasteiger partial charge in [0.1, 0.15) is 11.3 Å². The minimum absolute atomic E-state index is 0.279. The van der Waals surface area contributed by atoms with Gasteiger partial charge in [-0.3, -0.25) is 9.59 Å². The average Bonchev–Trinajstić information content (AvgIpc) is 2.32. The molecule has 5 nitrogen and oxygen atoms in total. The van der Waals surface area contributed by atoms with Crippen molar-refractivity contribution in [2.45, 2.75) is 20.8 Å². The van der Waals surface area contributed by atoms with Crippen LogP contribution < -0.4 is 10.9 Å². The maximum Gasteiger partial charge on any atom is 0.265 e. The fourth-order valence-corrected chi connectivity index (χ4v) is 2.08. The summed E-state index contributed by atoms with van der Waals surface area (Å²) in [6, 6.07) is 6.96. The normalized spacial score (nSPS) is 10.3. The second-order valence-corrected chi connectivity index (χ2v) is 4.76. The third kappa shape index (κ3) is 2.56. The molecule has 0 unspecified atom stereocenters. The summed E-state index contributed by atoms with van der Waals surface area (Å²) >= 11 is 0. The highest BCUT2D eigenvalue weighted by molar-refractivity contribution is 6.06. The number of pyridine rings is 1. The van der Waals surface area contributed by atoms with Crippen molar-refractivity contribution in [3.63, 3.8) is 0 Å². The largest absolute Gasteiger partial charge is 0.507 e. The third-order valence-electron chi connectivity index (χ3n) is 3.09. The van der Waals surface area contributed by atoms with Gasteiger partial charge in [0.25, 0.3) is 11.5 Å². The number of H-pyrrole nitrogens is 1. The lowest BCUT2D eigenvalue weighted by molar-refractivity contribution is 0.102. The SMILES string of the molecule is Cc1cc(O)c(C(=O)Nc2c(C)cccc2C)c(=O)[nH]1. The summed E-state index contributed by atoms with van der Waals surface area (Å²) in [6.07, 6.45) is 0. The highest BCUT2D eigenvalue weighted by Crippen LogP contribution is 2.21. The maximum absolute atomic E-state index is 12.2. The lowest BCUT2D eigenvalue weighted by Gasteiger charge is -2.11. The molecule has 0 atom stereocenters. The zero-order chi connectivity index (χ0) is 14.9. The number of hydrogen-bond acceptors (Lipinski definition) is 3. The first-order valence-corrected chi connectivity index (χ1v) is 6.20. The zero-order valence-corrected chi connectivity index (χ0v) is 11.6. The quantitative estimate of drug-likeness (QED) is 0.784. The number of carbonyl (C=O) groups is 1. The second-order valence-electron chi connectivity index (χ2n) is 4.76. The molecule has 3 N–H and O–H groups in total. The molecule has 0 spiro atoms.